The summed E-state index contributed by atoms with van der Waals surface area (Å²) < 4.78 is 0. The van der Waals surface area contributed by atoms with Gasteiger partial charge in [-0.25, -0.2) is 4.98 Å². The number of hydrogen-bond acceptors (Lipinski definition) is 6. The Labute approximate surface area is 145 Å². The Morgan fingerprint density at radius 2 is 2.12 bits per heavy atom. The number of rotatable bonds is 7. The predicted molar refractivity (Wildman–Crippen MR) is 92.6 cm³/mol. The van der Waals surface area contributed by atoms with Gasteiger partial charge in [0.05, 0.1) is 12.2 Å². The van der Waals surface area contributed by atoms with Crippen LogP contribution < -0.4 is 10.6 Å². The maximum atomic E-state index is 12.7. The molecule has 1 aromatic heterocycles. The molecule has 2 heterocycles. The lowest BCUT2D eigenvalue weighted by atomic mass is 9.98. The van der Waals surface area contributed by atoms with Crippen molar-refractivity contribution in [2.24, 2.45) is 11.8 Å². The third kappa shape index (κ3) is 3.87. The van der Waals surface area contributed by atoms with Crippen molar-refractivity contribution >= 4 is 28.3 Å². The molecule has 0 unspecified atom stereocenters. The Hall–Kier alpha value is -1.67. The predicted octanol–water partition coefficient (Wildman–Crippen LogP) is 1.41. The van der Waals surface area contributed by atoms with Gasteiger partial charge >= 0.3 is 5.97 Å². The van der Waals surface area contributed by atoms with Gasteiger partial charge in [0.25, 0.3) is 5.91 Å². The largest absolute Gasteiger partial charge is 0.480 e. The molecule has 2 atom stereocenters. The lowest BCUT2D eigenvalue weighted by Crippen LogP contribution is -2.41. The van der Waals surface area contributed by atoms with Crippen molar-refractivity contribution in [2.75, 3.05) is 31.5 Å². The van der Waals surface area contributed by atoms with Crippen LogP contribution in [0.1, 0.15) is 35.1 Å². The van der Waals surface area contributed by atoms with Gasteiger partial charge in [0.2, 0.25) is 0 Å². The topological polar surface area (TPSA) is 94.6 Å². The van der Waals surface area contributed by atoms with E-state index < -0.39 is 5.97 Å². The number of anilines is 1. The lowest BCUT2D eigenvalue weighted by molar-refractivity contribution is -0.138. The molecule has 0 bridgehead atoms. The number of likely N-dealkylation sites (tertiary alicyclic amines) is 1. The van der Waals surface area contributed by atoms with Gasteiger partial charge in [0, 0.05) is 25.7 Å². The van der Waals surface area contributed by atoms with Gasteiger partial charge in [-0.05, 0) is 38.5 Å². The van der Waals surface area contributed by atoms with Gasteiger partial charge in [0.1, 0.15) is 4.88 Å². The van der Waals surface area contributed by atoms with E-state index in [1.165, 1.54) is 24.2 Å². The fraction of sp³-hybridized carbons (Fsp3) is 0.688. The highest BCUT2D eigenvalue weighted by molar-refractivity contribution is 7.17. The highest BCUT2D eigenvalue weighted by Crippen LogP contribution is 2.41. The molecule has 1 saturated carbocycles. The van der Waals surface area contributed by atoms with Crippen LogP contribution in [0.4, 0.5) is 5.13 Å². The minimum absolute atomic E-state index is 0.0217. The number of carbonyl (C=O) groups is 2. The average molecular weight is 352 g/mol. The SMILES string of the molecule is CCNc1nc(C)c(C(=O)N[C@@H]2CN(CC(=O)O)C[C@H]2C2CC2)s1. The van der Waals surface area contributed by atoms with Crippen molar-refractivity contribution in [1.82, 2.24) is 15.2 Å². The second-order valence-electron chi connectivity index (χ2n) is 6.63. The van der Waals surface area contributed by atoms with Crippen molar-refractivity contribution in [2.45, 2.75) is 32.7 Å². The van der Waals surface area contributed by atoms with E-state index in [2.05, 4.69) is 15.6 Å². The van der Waals surface area contributed by atoms with Gasteiger partial charge in [-0.1, -0.05) is 11.3 Å². The molecular formula is C16H24N4O3S. The molecule has 1 amide bonds. The van der Waals surface area contributed by atoms with Gasteiger partial charge in [-0.3, -0.25) is 14.5 Å². The summed E-state index contributed by atoms with van der Waals surface area (Å²) in [5.41, 5.74) is 0.733. The van der Waals surface area contributed by atoms with Crippen LogP contribution >= 0.6 is 11.3 Å². The van der Waals surface area contributed by atoms with Gasteiger partial charge < -0.3 is 15.7 Å². The standard InChI is InChI=1S/C16H24N4O3S/c1-3-17-16-18-9(2)14(24-16)15(23)19-12-7-20(8-13(21)22)6-11(12)10-4-5-10/h10-12H,3-8H2,1-2H3,(H,17,18)(H,19,23)(H,21,22)/t11-,12+/m0/s1. The summed E-state index contributed by atoms with van der Waals surface area (Å²) in [6, 6.07) is 0.0217. The molecule has 0 aromatic carbocycles. The smallest absolute Gasteiger partial charge is 0.317 e. The molecule has 132 valence electrons. The molecule has 1 aliphatic carbocycles. The minimum atomic E-state index is -0.815. The maximum Gasteiger partial charge on any atom is 0.317 e. The van der Waals surface area contributed by atoms with Crippen LogP contribution in [0.25, 0.3) is 0 Å². The molecule has 0 radical (unpaired) electrons. The maximum absolute atomic E-state index is 12.7. The van der Waals surface area contributed by atoms with E-state index in [-0.39, 0.29) is 18.5 Å². The molecule has 7 nitrogen and oxygen atoms in total. The molecule has 3 N–H and O–H groups in total. The van der Waals surface area contributed by atoms with Gasteiger partial charge in [0.15, 0.2) is 5.13 Å². The number of aliphatic carboxylic acids is 1. The van der Waals surface area contributed by atoms with E-state index in [1.54, 1.807) is 0 Å². The quantitative estimate of drug-likeness (QED) is 0.687. The molecule has 1 aromatic rings. The third-order valence-corrected chi connectivity index (χ3v) is 5.79. The molecule has 0 spiro atoms. The number of hydrogen-bond donors (Lipinski definition) is 3. The Morgan fingerprint density at radius 1 is 1.38 bits per heavy atom. The first-order valence-corrected chi connectivity index (χ1v) is 9.26. The first-order valence-electron chi connectivity index (χ1n) is 8.44. The van der Waals surface area contributed by atoms with Gasteiger partial charge in [-0.15, -0.1) is 0 Å². The number of carboxylic acids is 1. The van der Waals surface area contributed by atoms with E-state index in [0.717, 1.165) is 23.9 Å². The van der Waals surface area contributed by atoms with E-state index in [9.17, 15) is 9.59 Å². The number of carbonyl (C=O) groups excluding carboxylic acids is 1. The summed E-state index contributed by atoms with van der Waals surface area (Å²) in [6.45, 7) is 6.01. The number of thiazole rings is 1. The summed E-state index contributed by atoms with van der Waals surface area (Å²) in [6.07, 6.45) is 2.37. The molecule has 24 heavy (non-hydrogen) atoms. The summed E-state index contributed by atoms with van der Waals surface area (Å²) in [4.78, 5) is 30.6. The Kier molecular flexibility index (Phi) is 5.05. The van der Waals surface area contributed by atoms with Crippen molar-refractivity contribution < 1.29 is 14.7 Å². The van der Waals surface area contributed by atoms with E-state index in [4.69, 9.17) is 5.11 Å². The first-order chi connectivity index (χ1) is 11.5. The number of nitrogens with one attached hydrogen (secondary N) is 2. The summed E-state index contributed by atoms with van der Waals surface area (Å²) >= 11 is 1.37. The molecule has 1 aliphatic heterocycles. The Balaban J connectivity index is 1.67. The third-order valence-electron chi connectivity index (χ3n) is 4.67. The number of nitrogens with zero attached hydrogens (tertiary/aromatic N) is 2. The van der Waals surface area contributed by atoms with E-state index in [1.807, 2.05) is 18.7 Å². The number of aryl methyl sites for hydroxylation is 1. The van der Waals surface area contributed by atoms with E-state index in [0.29, 0.717) is 23.3 Å². The highest BCUT2D eigenvalue weighted by atomic mass is 32.1. The second kappa shape index (κ2) is 7.06. The molecule has 1 saturated heterocycles. The van der Waals surface area contributed by atoms with Crippen molar-refractivity contribution in [1.29, 1.82) is 0 Å². The van der Waals surface area contributed by atoms with Crippen molar-refractivity contribution in [3.63, 3.8) is 0 Å². The van der Waals surface area contributed by atoms with Crippen LogP contribution in [0.5, 0.6) is 0 Å². The average Bonchev–Trinajstić information content (AvgIpc) is 3.18. The zero-order valence-corrected chi connectivity index (χ0v) is 14.9. The van der Waals surface area contributed by atoms with Crippen LogP contribution in [-0.2, 0) is 4.79 Å². The monoisotopic (exact) mass is 352 g/mol. The normalized spacial score (nSPS) is 24.1. The van der Waals surface area contributed by atoms with Gasteiger partial charge in [-0.2, -0.15) is 0 Å². The molecule has 2 fully saturated rings. The fourth-order valence-corrected chi connectivity index (χ4v) is 4.39. The fourth-order valence-electron chi connectivity index (χ4n) is 3.46. The van der Waals surface area contributed by atoms with Crippen LogP contribution in [0, 0.1) is 18.8 Å². The summed E-state index contributed by atoms with van der Waals surface area (Å²) in [5.74, 6) is 0.0656. The lowest BCUT2D eigenvalue weighted by Gasteiger charge is -2.19. The van der Waals surface area contributed by atoms with Crippen LogP contribution in [0.2, 0.25) is 0 Å². The van der Waals surface area contributed by atoms with E-state index >= 15 is 0 Å². The zero-order chi connectivity index (χ0) is 17.3. The number of carboxylic acid groups (broad SMARTS) is 1. The molecular weight excluding hydrogens is 328 g/mol. The number of aromatic nitrogens is 1. The molecule has 8 heteroatoms. The second-order valence-corrected chi connectivity index (χ2v) is 7.63. The Morgan fingerprint density at radius 3 is 2.75 bits per heavy atom. The summed E-state index contributed by atoms with van der Waals surface area (Å²) in [5, 5.41) is 16.0. The molecule has 3 rings (SSSR count). The van der Waals surface area contributed by atoms with Crippen LogP contribution in [0.15, 0.2) is 0 Å². The Bertz CT molecular complexity index is 629. The summed E-state index contributed by atoms with van der Waals surface area (Å²) in [7, 11) is 0. The van der Waals surface area contributed by atoms with Crippen LogP contribution in [-0.4, -0.2) is 59.1 Å². The van der Waals surface area contributed by atoms with Crippen molar-refractivity contribution in [3.05, 3.63) is 10.6 Å². The zero-order valence-electron chi connectivity index (χ0n) is 14.0. The first kappa shape index (κ1) is 17.2. The van der Waals surface area contributed by atoms with Crippen LogP contribution in [0.3, 0.4) is 0 Å². The molecule has 2 aliphatic rings. The number of amides is 1. The highest BCUT2D eigenvalue weighted by Gasteiger charge is 2.43. The minimum Gasteiger partial charge on any atom is -0.480 e. The van der Waals surface area contributed by atoms with Crippen molar-refractivity contribution in [3.8, 4) is 0 Å².